The number of rotatable bonds is 7. The lowest BCUT2D eigenvalue weighted by atomic mass is 10.1. The van der Waals surface area contributed by atoms with Crippen molar-refractivity contribution in [3.63, 3.8) is 0 Å². The highest BCUT2D eigenvalue weighted by Crippen LogP contribution is 2.25. The van der Waals surface area contributed by atoms with Crippen LogP contribution in [-0.4, -0.2) is 48.1 Å². The number of likely N-dealkylation sites (N-methyl/N-ethyl adjacent to an activating group) is 1. The Labute approximate surface area is 168 Å². The number of benzene rings is 2. The summed E-state index contributed by atoms with van der Waals surface area (Å²) < 4.78 is 28.4. The fourth-order valence-corrected chi connectivity index (χ4v) is 4.47. The van der Waals surface area contributed by atoms with E-state index in [0.29, 0.717) is 10.6 Å². The predicted molar refractivity (Wildman–Crippen MR) is 113 cm³/mol. The maximum Gasteiger partial charge on any atom is 0.240 e. The first-order valence-electron chi connectivity index (χ1n) is 8.73. The molecule has 1 atom stereocenters. The van der Waals surface area contributed by atoms with Gasteiger partial charge in [-0.3, -0.25) is 0 Å². The van der Waals surface area contributed by atoms with E-state index in [9.17, 15) is 8.42 Å². The second-order valence-electron chi connectivity index (χ2n) is 7.18. The van der Waals surface area contributed by atoms with E-state index < -0.39 is 10.0 Å². The molecule has 0 fully saturated rings. The maximum atomic E-state index is 12.8. The molecule has 0 unspecified atom stereocenters. The van der Waals surface area contributed by atoms with Gasteiger partial charge in [-0.25, -0.2) is 13.1 Å². The molecule has 0 saturated carbocycles. The molecule has 0 aliphatic rings. The van der Waals surface area contributed by atoms with Crippen LogP contribution in [-0.2, 0) is 10.0 Å². The van der Waals surface area contributed by atoms with Crippen molar-refractivity contribution in [1.29, 1.82) is 0 Å². The number of hydrogen-bond donors (Lipinski definition) is 1. The molecule has 1 N–H and O–H groups in total. The molecule has 0 heterocycles. The van der Waals surface area contributed by atoms with Crippen molar-refractivity contribution in [3.8, 4) is 0 Å². The highest BCUT2D eigenvalue weighted by molar-refractivity contribution is 7.89. The van der Waals surface area contributed by atoms with Gasteiger partial charge < -0.3 is 9.80 Å². The molecule has 0 amide bonds. The quantitative estimate of drug-likeness (QED) is 0.759. The topological polar surface area (TPSA) is 52.7 Å². The lowest BCUT2D eigenvalue weighted by Crippen LogP contribution is -2.34. The smallest absolute Gasteiger partial charge is 0.240 e. The van der Waals surface area contributed by atoms with Crippen LogP contribution < -0.4 is 9.62 Å². The summed E-state index contributed by atoms with van der Waals surface area (Å²) in [5, 5.41) is 0.568. The van der Waals surface area contributed by atoms with Crippen LogP contribution in [0.1, 0.15) is 22.7 Å². The Hall–Kier alpha value is -1.60. The van der Waals surface area contributed by atoms with Crippen molar-refractivity contribution in [1.82, 2.24) is 9.62 Å². The van der Waals surface area contributed by atoms with Crippen molar-refractivity contribution in [2.75, 3.05) is 39.6 Å². The molecule has 5 nitrogen and oxygen atoms in total. The van der Waals surface area contributed by atoms with E-state index in [1.54, 1.807) is 26.0 Å². The van der Waals surface area contributed by atoms with Gasteiger partial charge in [0.05, 0.1) is 4.90 Å². The first kappa shape index (κ1) is 21.7. The summed E-state index contributed by atoms with van der Waals surface area (Å²) in [6, 6.07) is 11.4. The van der Waals surface area contributed by atoms with Crippen LogP contribution >= 0.6 is 11.6 Å². The Kier molecular flexibility index (Phi) is 6.92. The number of nitrogens with one attached hydrogen (secondary N) is 1. The zero-order valence-corrected chi connectivity index (χ0v) is 18.3. The van der Waals surface area contributed by atoms with Crippen LogP contribution in [0, 0.1) is 13.8 Å². The predicted octanol–water partition coefficient (Wildman–Crippen LogP) is 3.60. The molecule has 0 aromatic heterocycles. The van der Waals surface area contributed by atoms with E-state index in [0.717, 1.165) is 16.8 Å². The van der Waals surface area contributed by atoms with Gasteiger partial charge in [0.1, 0.15) is 0 Å². The molecule has 7 heteroatoms. The van der Waals surface area contributed by atoms with Crippen LogP contribution in [0.5, 0.6) is 0 Å². The largest absolute Gasteiger partial charge is 0.378 e. The van der Waals surface area contributed by atoms with Gasteiger partial charge in [-0.1, -0.05) is 23.7 Å². The van der Waals surface area contributed by atoms with Gasteiger partial charge in [0.2, 0.25) is 10.0 Å². The summed E-state index contributed by atoms with van der Waals surface area (Å²) in [5.74, 6) is 0. The van der Waals surface area contributed by atoms with Crippen molar-refractivity contribution in [2.24, 2.45) is 0 Å². The summed E-state index contributed by atoms with van der Waals surface area (Å²) in [4.78, 5) is 4.31. The number of nitrogens with zero attached hydrogens (tertiary/aromatic N) is 2. The molecule has 2 aromatic rings. The van der Waals surface area contributed by atoms with E-state index in [-0.39, 0.29) is 17.5 Å². The van der Waals surface area contributed by atoms with E-state index in [1.807, 2.05) is 62.3 Å². The minimum atomic E-state index is -3.63. The number of anilines is 1. The van der Waals surface area contributed by atoms with E-state index in [1.165, 1.54) is 0 Å². The fourth-order valence-electron chi connectivity index (χ4n) is 2.90. The Morgan fingerprint density at radius 2 is 1.59 bits per heavy atom. The van der Waals surface area contributed by atoms with Gasteiger partial charge in [0, 0.05) is 37.4 Å². The average Bonchev–Trinajstić information content (AvgIpc) is 2.58. The molecule has 0 spiro atoms. The first-order valence-corrected chi connectivity index (χ1v) is 10.6. The number of halogens is 1. The van der Waals surface area contributed by atoms with E-state index >= 15 is 0 Å². The molecule has 0 radical (unpaired) electrons. The lowest BCUT2D eigenvalue weighted by molar-refractivity contribution is 0.299. The Morgan fingerprint density at radius 3 is 2.11 bits per heavy atom. The molecule has 2 rings (SSSR count). The number of aryl methyl sites for hydroxylation is 2. The average molecular weight is 410 g/mol. The van der Waals surface area contributed by atoms with Gasteiger partial charge in [0.25, 0.3) is 0 Å². The molecule has 0 saturated heterocycles. The maximum absolute atomic E-state index is 12.8. The second kappa shape index (κ2) is 8.61. The molecule has 27 heavy (non-hydrogen) atoms. The van der Waals surface area contributed by atoms with Crippen LogP contribution in [0.2, 0.25) is 5.02 Å². The van der Waals surface area contributed by atoms with Crippen molar-refractivity contribution >= 4 is 27.3 Å². The molecule has 2 aromatic carbocycles. The van der Waals surface area contributed by atoms with Crippen molar-refractivity contribution in [3.05, 3.63) is 58.1 Å². The standard InChI is InChI=1S/C20H28ClN3O2S/c1-14-12-20(15(2)11-18(14)21)27(25,26)22-13-19(24(5)6)16-7-9-17(10-8-16)23(3)4/h7-12,19,22H,13H2,1-6H3/t19-/m1/s1. The summed E-state index contributed by atoms with van der Waals surface area (Å²) >= 11 is 6.09. The minimum Gasteiger partial charge on any atom is -0.378 e. The van der Waals surface area contributed by atoms with Gasteiger partial charge in [-0.05, 0) is 68.9 Å². The third-order valence-electron chi connectivity index (χ3n) is 4.63. The zero-order chi connectivity index (χ0) is 20.4. The van der Waals surface area contributed by atoms with Gasteiger partial charge >= 0.3 is 0 Å². The number of sulfonamides is 1. The summed E-state index contributed by atoms with van der Waals surface area (Å²) in [5.41, 5.74) is 3.53. The third kappa shape index (κ3) is 5.23. The summed E-state index contributed by atoms with van der Waals surface area (Å²) in [6.45, 7) is 3.83. The molecule has 0 bridgehead atoms. The first-order chi connectivity index (χ1) is 12.5. The van der Waals surface area contributed by atoms with E-state index in [4.69, 9.17) is 11.6 Å². The lowest BCUT2D eigenvalue weighted by Gasteiger charge is -2.26. The van der Waals surface area contributed by atoms with Crippen molar-refractivity contribution < 1.29 is 8.42 Å². The van der Waals surface area contributed by atoms with E-state index in [2.05, 4.69) is 4.72 Å². The molecular formula is C20H28ClN3O2S. The summed E-state index contributed by atoms with van der Waals surface area (Å²) in [7, 11) is 4.23. The molecule has 0 aliphatic carbocycles. The fraction of sp³-hybridized carbons (Fsp3) is 0.400. The third-order valence-corrected chi connectivity index (χ3v) is 6.60. The van der Waals surface area contributed by atoms with Crippen molar-refractivity contribution in [2.45, 2.75) is 24.8 Å². The monoisotopic (exact) mass is 409 g/mol. The van der Waals surface area contributed by atoms with Gasteiger partial charge in [-0.15, -0.1) is 0 Å². The molecule has 148 valence electrons. The molecular weight excluding hydrogens is 382 g/mol. The Morgan fingerprint density at radius 1 is 1.00 bits per heavy atom. The van der Waals surface area contributed by atoms with Crippen LogP contribution in [0.3, 0.4) is 0 Å². The van der Waals surface area contributed by atoms with Gasteiger partial charge in [0.15, 0.2) is 0 Å². The van der Waals surface area contributed by atoms with Crippen LogP contribution in [0.4, 0.5) is 5.69 Å². The number of hydrogen-bond acceptors (Lipinski definition) is 4. The summed E-state index contributed by atoms with van der Waals surface area (Å²) in [6.07, 6.45) is 0. The second-order valence-corrected chi connectivity index (χ2v) is 9.33. The normalized spacial score (nSPS) is 13.0. The minimum absolute atomic E-state index is 0.0790. The zero-order valence-electron chi connectivity index (χ0n) is 16.7. The van der Waals surface area contributed by atoms with Crippen LogP contribution in [0.15, 0.2) is 41.3 Å². The Bertz CT molecular complexity index is 894. The molecule has 0 aliphatic heterocycles. The highest BCUT2D eigenvalue weighted by Gasteiger charge is 2.22. The highest BCUT2D eigenvalue weighted by atomic mass is 35.5. The van der Waals surface area contributed by atoms with Gasteiger partial charge in [-0.2, -0.15) is 0 Å². The van der Waals surface area contributed by atoms with Crippen LogP contribution in [0.25, 0.3) is 0 Å². The Balaban J connectivity index is 2.24. The SMILES string of the molecule is Cc1cc(S(=O)(=O)NC[C@H](c2ccc(N(C)C)cc2)N(C)C)c(C)cc1Cl.